The van der Waals surface area contributed by atoms with Crippen LogP contribution in [0, 0.1) is 11.2 Å². The lowest BCUT2D eigenvalue weighted by molar-refractivity contribution is 0.420. The maximum atomic E-state index is 13.9. The molecule has 0 aliphatic carbocycles. The highest BCUT2D eigenvalue weighted by Gasteiger charge is 2.10. The molecule has 3 aromatic rings. The van der Waals surface area contributed by atoms with Gasteiger partial charge in [0.15, 0.2) is 5.96 Å². The summed E-state index contributed by atoms with van der Waals surface area (Å²) in [5, 5.41) is 15.0. The molecule has 0 radical (unpaired) electrons. The number of hydrogen-bond acceptors (Lipinski definition) is 3. The van der Waals surface area contributed by atoms with Crippen LogP contribution in [0.15, 0.2) is 59.1 Å². The molecule has 2 aromatic carbocycles. The lowest BCUT2D eigenvalue weighted by Crippen LogP contribution is -2.35. The van der Waals surface area contributed by atoms with Crippen molar-refractivity contribution in [3.8, 4) is 11.1 Å². The highest BCUT2D eigenvalue weighted by molar-refractivity contribution is 5.89. The summed E-state index contributed by atoms with van der Waals surface area (Å²) in [6, 6.07) is 16.5. The molecule has 0 fully saturated rings. The van der Waals surface area contributed by atoms with Crippen molar-refractivity contribution in [3.05, 3.63) is 71.7 Å². The van der Waals surface area contributed by atoms with Crippen LogP contribution in [0.4, 0.5) is 10.3 Å². The van der Waals surface area contributed by atoms with E-state index < -0.39 is 0 Å². The van der Waals surface area contributed by atoms with Crippen LogP contribution < -0.4 is 5.32 Å². The Morgan fingerprint density at radius 2 is 1.79 bits per heavy atom. The van der Waals surface area contributed by atoms with Crippen molar-refractivity contribution in [1.29, 1.82) is 5.41 Å². The van der Waals surface area contributed by atoms with E-state index in [9.17, 15) is 4.39 Å². The molecule has 2 N–H and O–H groups in total. The second-order valence-electron chi connectivity index (χ2n) is 6.51. The number of nitrogens with zero attached hydrogens (tertiary/aromatic N) is 2. The van der Waals surface area contributed by atoms with Crippen LogP contribution in [0.2, 0.25) is 0 Å². The number of benzene rings is 2. The molecule has 1 heterocycles. The number of aryl methyl sites for hydroxylation is 2. The van der Waals surface area contributed by atoms with Gasteiger partial charge in [-0.1, -0.05) is 47.6 Å². The van der Waals surface area contributed by atoms with E-state index in [2.05, 4.69) is 10.5 Å². The minimum Gasteiger partial charge on any atom is -0.343 e. The Kier molecular flexibility index (Phi) is 6.42. The summed E-state index contributed by atoms with van der Waals surface area (Å²) in [4.78, 5) is 1.89. The molecule has 0 aliphatic rings. The molecule has 0 saturated heterocycles. The maximum absolute atomic E-state index is 13.9. The van der Waals surface area contributed by atoms with Gasteiger partial charge in [-0.25, -0.2) is 4.39 Å². The minimum absolute atomic E-state index is 0.215. The molecular weight excluding hydrogens is 355 g/mol. The average molecular weight is 380 g/mol. The molecular formula is C22H25FN4O. The molecule has 6 heteroatoms. The van der Waals surface area contributed by atoms with E-state index in [-0.39, 0.29) is 5.82 Å². The fourth-order valence-corrected chi connectivity index (χ4v) is 3.04. The summed E-state index contributed by atoms with van der Waals surface area (Å²) < 4.78 is 19.2. The monoisotopic (exact) mass is 380 g/mol. The van der Waals surface area contributed by atoms with E-state index in [4.69, 9.17) is 9.93 Å². The Morgan fingerprint density at radius 1 is 1.07 bits per heavy atom. The van der Waals surface area contributed by atoms with Crippen LogP contribution in [-0.4, -0.2) is 29.1 Å². The molecule has 0 atom stereocenters. The Morgan fingerprint density at radius 3 is 2.46 bits per heavy atom. The summed E-state index contributed by atoms with van der Waals surface area (Å²) in [6.45, 7) is 5.52. The number of hydrogen-bond donors (Lipinski definition) is 2. The zero-order valence-electron chi connectivity index (χ0n) is 16.2. The number of nitrogens with one attached hydrogen (secondary N) is 2. The summed E-state index contributed by atoms with van der Waals surface area (Å²) in [6.07, 6.45) is 1.53. The molecule has 3 rings (SSSR count). The molecule has 5 nitrogen and oxygen atoms in total. The molecule has 0 aliphatic heterocycles. The largest absolute Gasteiger partial charge is 0.343 e. The minimum atomic E-state index is -0.215. The predicted molar refractivity (Wildman–Crippen MR) is 110 cm³/mol. The van der Waals surface area contributed by atoms with Gasteiger partial charge in [-0.05, 0) is 43.9 Å². The standard InChI is InChI=1S/C22H25FN4O/c1-3-27(4-2)22(24)25-21-15-18(26-28-21)14-11-16-9-12-17(13-10-16)19-7-5-6-8-20(19)23/h5-10,12-13,15H,3-4,11,14H2,1-2H3,(H2,24,25). The molecule has 0 saturated carbocycles. The van der Waals surface area contributed by atoms with Crippen molar-refractivity contribution in [1.82, 2.24) is 10.1 Å². The third kappa shape index (κ3) is 4.76. The lowest BCUT2D eigenvalue weighted by atomic mass is 10.0. The first-order valence-electron chi connectivity index (χ1n) is 9.50. The fourth-order valence-electron chi connectivity index (χ4n) is 3.04. The van der Waals surface area contributed by atoms with Gasteiger partial charge in [0, 0.05) is 24.7 Å². The molecule has 0 spiro atoms. The van der Waals surface area contributed by atoms with Crippen molar-refractivity contribution in [2.75, 3.05) is 18.4 Å². The van der Waals surface area contributed by atoms with Gasteiger partial charge in [-0.15, -0.1) is 0 Å². The average Bonchev–Trinajstić information content (AvgIpc) is 3.15. The van der Waals surface area contributed by atoms with Crippen LogP contribution in [0.25, 0.3) is 11.1 Å². The van der Waals surface area contributed by atoms with Gasteiger partial charge in [-0.3, -0.25) is 10.7 Å². The lowest BCUT2D eigenvalue weighted by Gasteiger charge is -2.20. The Hall–Kier alpha value is -3.15. The smallest absolute Gasteiger partial charge is 0.231 e. The first-order chi connectivity index (χ1) is 13.6. The van der Waals surface area contributed by atoms with Crippen LogP contribution in [0.1, 0.15) is 25.1 Å². The molecule has 146 valence electrons. The van der Waals surface area contributed by atoms with Crippen molar-refractivity contribution < 1.29 is 8.91 Å². The SMILES string of the molecule is CCN(CC)C(=N)Nc1cc(CCc2ccc(-c3ccccc3F)cc2)no1. The van der Waals surface area contributed by atoms with Crippen LogP contribution in [-0.2, 0) is 12.8 Å². The van der Waals surface area contributed by atoms with Crippen molar-refractivity contribution in [2.24, 2.45) is 0 Å². The van der Waals surface area contributed by atoms with Gasteiger partial charge < -0.3 is 9.42 Å². The number of rotatable bonds is 7. The van der Waals surface area contributed by atoms with Crippen molar-refractivity contribution in [3.63, 3.8) is 0 Å². The third-order valence-electron chi connectivity index (χ3n) is 4.69. The quantitative estimate of drug-likeness (QED) is 0.449. The molecule has 28 heavy (non-hydrogen) atoms. The van der Waals surface area contributed by atoms with Gasteiger partial charge in [0.25, 0.3) is 0 Å². The number of aromatic nitrogens is 1. The summed E-state index contributed by atoms with van der Waals surface area (Å²) in [5.74, 6) is 0.561. The maximum Gasteiger partial charge on any atom is 0.231 e. The Bertz CT molecular complexity index is 916. The van der Waals surface area contributed by atoms with Gasteiger partial charge >= 0.3 is 0 Å². The first-order valence-corrected chi connectivity index (χ1v) is 9.50. The zero-order chi connectivity index (χ0) is 19.9. The van der Waals surface area contributed by atoms with Crippen molar-refractivity contribution in [2.45, 2.75) is 26.7 Å². The summed E-state index contributed by atoms with van der Waals surface area (Å²) in [7, 11) is 0. The van der Waals surface area contributed by atoms with Crippen LogP contribution >= 0.6 is 0 Å². The van der Waals surface area contributed by atoms with E-state index in [0.29, 0.717) is 17.4 Å². The van der Waals surface area contributed by atoms with E-state index in [0.717, 1.165) is 42.8 Å². The normalized spacial score (nSPS) is 10.7. The second-order valence-corrected chi connectivity index (χ2v) is 6.51. The first kappa shape index (κ1) is 19.6. The summed E-state index contributed by atoms with van der Waals surface area (Å²) in [5.41, 5.74) is 3.45. The highest BCUT2D eigenvalue weighted by atomic mass is 19.1. The van der Waals surface area contributed by atoms with Crippen molar-refractivity contribution >= 4 is 11.8 Å². The van der Waals surface area contributed by atoms with Gasteiger partial charge in [0.2, 0.25) is 5.88 Å². The molecule has 0 unspecified atom stereocenters. The predicted octanol–water partition coefficient (Wildman–Crippen LogP) is 4.95. The van der Waals surface area contributed by atoms with Gasteiger partial charge in [-0.2, -0.15) is 0 Å². The van der Waals surface area contributed by atoms with E-state index in [1.54, 1.807) is 12.1 Å². The molecule has 0 amide bonds. The number of anilines is 1. The van der Waals surface area contributed by atoms with Crippen LogP contribution in [0.5, 0.6) is 0 Å². The third-order valence-corrected chi connectivity index (χ3v) is 4.69. The second kappa shape index (κ2) is 9.17. The summed E-state index contributed by atoms with van der Waals surface area (Å²) >= 11 is 0. The Labute approximate surface area is 164 Å². The zero-order valence-corrected chi connectivity index (χ0v) is 16.2. The molecule has 0 bridgehead atoms. The van der Waals surface area contributed by atoms with E-state index in [1.165, 1.54) is 6.07 Å². The number of guanidine groups is 1. The van der Waals surface area contributed by atoms with E-state index >= 15 is 0 Å². The molecule has 1 aromatic heterocycles. The topological polar surface area (TPSA) is 65.2 Å². The number of halogens is 1. The van der Waals surface area contributed by atoms with E-state index in [1.807, 2.05) is 55.1 Å². The fraction of sp³-hybridized carbons (Fsp3) is 0.273. The van der Waals surface area contributed by atoms with Crippen LogP contribution in [0.3, 0.4) is 0 Å². The van der Waals surface area contributed by atoms with Gasteiger partial charge in [0.1, 0.15) is 5.82 Å². The highest BCUT2D eigenvalue weighted by Crippen LogP contribution is 2.23. The van der Waals surface area contributed by atoms with Gasteiger partial charge in [0.05, 0.1) is 5.69 Å². The Balaban J connectivity index is 1.57.